The van der Waals surface area contributed by atoms with Gasteiger partial charge in [-0.3, -0.25) is 4.98 Å². The van der Waals surface area contributed by atoms with E-state index in [1.807, 2.05) is 25.5 Å². The number of aryl methyl sites for hydroxylation is 1. The second-order valence-corrected chi connectivity index (χ2v) is 6.85. The Kier molecular flexibility index (Phi) is 4.02. The second-order valence-electron chi connectivity index (χ2n) is 5.76. The number of nitrogens with one attached hydrogen (secondary N) is 1. The lowest BCUT2D eigenvalue weighted by atomic mass is 9.91. The summed E-state index contributed by atoms with van der Waals surface area (Å²) in [6.45, 7) is 9.60. The van der Waals surface area contributed by atoms with E-state index in [2.05, 4.69) is 38.0 Å². The predicted molar refractivity (Wildman–Crippen MR) is 81.5 cm³/mol. The zero-order valence-electron chi connectivity index (χ0n) is 12.2. The SMILES string of the molecule is CNCc1sc(-c2cnccc2C)nc1C(C)(C)C. The first-order valence-corrected chi connectivity index (χ1v) is 7.31. The van der Waals surface area contributed by atoms with Crippen LogP contribution in [0.15, 0.2) is 18.5 Å². The number of nitrogens with zero attached hydrogens (tertiary/aromatic N) is 2. The van der Waals surface area contributed by atoms with E-state index >= 15 is 0 Å². The number of aromatic nitrogens is 2. The van der Waals surface area contributed by atoms with Crippen molar-refractivity contribution >= 4 is 11.3 Å². The van der Waals surface area contributed by atoms with E-state index < -0.39 is 0 Å². The van der Waals surface area contributed by atoms with Crippen LogP contribution in [0.4, 0.5) is 0 Å². The fourth-order valence-electron chi connectivity index (χ4n) is 2.02. The van der Waals surface area contributed by atoms with Gasteiger partial charge in [-0.1, -0.05) is 20.8 Å². The molecule has 0 saturated heterocycles. The van der Waals surface area contributed by atoms with Gasteiger partial charge in [0.15, 0.2) is 0 Å². The summed E-state index contributed by atoms with van der Waals surface area (Å²) in [4.78, 5) is 10.4. The third kappa shape index (κ3) is 3.01. The van der Waals surface area contributed by atoms with Crippen molar-refractivity contribution in [1.82, 2.24) is 15.3 Å². The summed E-state index contributed by atoms with van der Waals surface area (Å²) >= 11 is 1.76. The molecule has 19 heavy (non-hydrogen) atoms. The van der Waals surface area contributed by atoms with Crippen LogP contribution >= 0.6 is 11.3 Å². The molecule has 0 radical (unpaired) electrons. The number of rotatable bonds is 3. The Morgan fingerprint density at radius 1 is 1.32 bits per heavy atom. The molecule has 102 valence electrons. The summed E-state index contributed by atoms with van der Waals surface area (Å²) in [6, 6.07) is 2.03. The quantitative estimate of drug-likeness (QED) is 0.931. The minimum Gasteiger partial charge on any atom is -0.315 e. The first kappa shape index (κ1) is 14.2. The smallest absolute Gasteiger partial charge is 0.125 e. The summed E-state index contributed by atoms with van der Waals surface area (Å²) < 4.78 is 0. The highest BCUT2D eigenvalue weighted by molar-refractivity contribution is 7.15. The number of hydrogen-bond acceptors (Lipinski definition) is 4. The fraction of sp³-hybridized carbons (Fsp3) is 0.467. The van der Waals surface area contributed by atoms with Gasteiger partial charge in [0.05, 0.1) is 5.69 Å². The Labute approximate surface area is 119 Å². The van der Waals surface area contributed by atoms with Gasteiger partial charge < -0.3 is 5.32 Å². The van der Waals surface area contributed by atoms with Crippen molar-refractivity contribution in [2.45, 2.75) is 39.7 Å². The maximum Gasteiger partial charge on any atom is 0.125 e. The second kappa shape index (κ2) is 5.39. The molecule has 0 fully saturated rings. The highest BCUT2D eigenvalue weighted by Crippen LogP contribution is 2.35. The van der Waals surface area contributed by atoms with E-state index in [-0.39, 0.29) is 5.41 Å². The summed E-state index contributed by atoms with van der Waals surface area (Å²) in [5.74, 6) is 0. The van der Waals surface area contributed by atoms with Crippen molar-refractivity contribution in [2.24, 2.45) is 0 Å². The minimum absolute atomic E-state index is 0.0665. The van der Waals surface area contributed by atoms with Crippen LogP contribution < -0.4 is 5.32 Å². The maximum absolute atomic E-state index is 4.87. The number of hydrogen-bond donors (Lipinski definition) is 1. The molecular weight excluding hydrogens is 254 g/mol. The van der Waals surface area contributed by atoms with Crippen LogP contribution in [-0.4, -0.2) is 17.0 Å². The average Bonchev–Trinajstić information content (AvgIpc) is 2.74. The van der Waals surface area contributed by atoms with Crippen LogP contribution in [0.25, 0.3) is 10.6 Å². The molecule has 0 aliphatic rings. The predicted octanol–water partition coefficient (Wildman–Crippen LogP) is 3.53. The van der Waals surface area contributed by atoms with Crippen LogP contribution in [0.1, 0.15) is 36.9 Å². The fourth-order valence-corrected chi connectivity index (χ4v) is 3.38. The van der Waals surface area contributed by atoms with E-state index in [0.717, 1.165) is 17.1 Å². The molecule has 0 amide bonds. The molecule has 0 atom stereocenters. The molecule has 2 heterocycles. The van der Waals surface area contributed by atoms with Gasteiger partial charge in [-0.25, -0.2) is 4.98 Å². The van der Waals surface area contributed by atoms with Gasteiger partial charge >= 0.3 is 0 Å². The van der Waals surface area contributed by atoms with E-state index in [4.69, 9.17) is 4.98 Å². The number of thiazole rings is 1. The first-order valence-electron chi connectivity index (χ1n) is 6.49. The highest BCUT2D eigenvalue weighted by atomic mass is 32.1. The molecule has 2 aromatic rings. The molecule has 4 heteroatoms. The maximum atomic E-state index is 4.87. The van der Waals surface area contributed by atoms with Crippen molar-refractivity contribution in [3.63, 3.8) is 0 Å². The lowest BCUT2D eigenvalue weighted by Gasteiger charge is -2.17. The van der Waals surface area contributed by atoms with Crippen molar-refractivity contribution in [3.05, 3.63) is 34.6 Å². The monoisotopic (exact) mass is 275 g/mol. The normalized spacial score (nSPS) is 11.8. The van der Waals surface area contributed by atoms with Crippen LogP contribution in [0.2, 0.25) is 0 Å². The van der Waals surface area contributed by atoms with E-state index in [0.29, 0.717) is 0 Å². The molecule has 3 nitrogen and oxygen atoms in total. The third-order valence-corrected chi connectivity index (χ3v) is 4.10. The van der Waals surface area contributed by atoms with Crippen LogP contribution in [0.5, 0.6) is 0 Å². The van der Waals surface area contributed by atoms with E-state index in [1.54, 1.807) is 11.3 Å². The molecule has 0 unspecified atom stereocenters. The Morgan fingerprint density at radius 2 is 2.05 bits per heavy atom. The zero-order chi connectivity index (χ0) is 14.0. The molecular formula is C15H21N3S. The topological polar surface area (TPSA) is 37.8 Å². The average molecular weight is 275 g/mol. The van der Waals surface area contributed by atoms with Gasteiger partial charge in [0.1, 0.15) is 5.01 Å². The van der Waals surface area contributed by atoms with Gasteiger partial charge in [-0.2, -0.15) is 0 Å². The Balaban J connectivity index is 2.52. The molecule has 0 spiro atoms. The molecule has 1 N–H and O–H groups in total. The summed E-state index contributed by atoms with van der Waals surface area (Å²) in [5, 5.41) is 4.30. The summed E-state index contributed by atoms with van der Waals surface area (Å²) in [5.41, 5.74) is 3.61. The van der Waals surface area contributed by atoms with E-state index in [9.17, 15) is 0 Å². The van der Waals surface area contributed by atoms with Gasteiger partial charge in [-0.15, -0.1) is 11.3 Å². The standard InChI is InChI=1S/C15H21N3S/c1-10-6-7-17-8-11(10)14-18-13(15(2,3)4)12(19-14)9-16-5/h6-8,16H,9H2,1-5H3. The molecule has 0 aliphatic heterocycles. The summed E-state index contributed by atoms with van der Waals surface area (Å²) in [6.07, 6.45) is 3.73. The van der Waals surface area contributed by atoms with Crippen molar-refractivity contribution in [2.75, 3.05) is 7.05 Å². The van der Waals surface area contributed by atoms with E-state index in [1.165, 1.54) is 16.1 Å². The third-order valence-electron chi connectivity index (χ3n) is 3.01. The lowest BCUT2D eigenvalue weighted by Crippen LogP contribution is -2.16. The van der Waals surface area contributed by atoms with Gasteiger partial charge in [-0.05, 0) is 25.6 Å². The van der Waals surface area contributed by atoms with Crippen molar-refractivity contribution in [3.8, 4) is 10.6 Å². The Hall–Kier alpha value is -1.26. The summed E-state index contributed by atoms with van der Waals surface area (Å²) in [7, 11) is 1.97. The molecule has 0 aliphatic carbocycles. The molecule has 0 bridgehead atoms. The van der Waals surface area contributed by atoms with Gasteiger partial charge in [0.2, 0.25) is 0 Å². The van der Waals surface area contributed by atoms with Crippen molar-refractivity contribution < 1.29 is 0 Å². The van der Waals surface area contributed by atoms with Crippen LogP contribution in [0, 0.1) is 6.92 Å². The van der Waals surface area contributed by atoms with Crippen LogP contribution in [-0.2, 0) is 12.0 Å². The van der Waals surface area contributed by atoms with Gasteiger partial charge in [0, 0.05) is 34.8 Å². The zero-order valence-corrected chi connectivity index (χ0v) is 13.1. The van der Waals surface area contributed by atoms with Crippen LogP contribution in [0.3, 0.4) is 0 Å². The Bertz CT molecular complexity index is 567. The molecule has 0 aromatic carbocycles. The largest absolute Gasteiger partial charge is 0.315 e. The molecule has 2 rings (SSSR count). The first-order chi connectivity index (χ1) is 8.93. The van der Waals surface area contributed by atoms with Crippen molar-refractivity contribution in [1.29, 1.82) is 0 Å². The highest BCUT2D eigenvalue weighted by Gasteiger charge is 2.23. The molecule has 2 aromatic heterocycles. The number of pyridine rings is 1. The molecule has 0 saturated carbocycles. The lowest BCUT2D eigenvalue weighted by molar-refractivity contribution is 0.563. The Morgan fingerprint density at radius 3 is 2.63 bits per heavy atom. The van der Waals surface area contributed by atoms with Gasteiger partial charge in [0.25, 0.3) is 0 Å². The minimum atomic E-state index is 0.0665.